The number of ether oxygens (including phenoxy) is 1. The molecule has 0 bridgehead atoms. The highest BCUT2D eigenvalue weighted by Gasteiger charge is 2.15. The number of carbonyl (C=O) groups is 1. The van der Waals surface area contributed by atoms with Crippen LogP contribution >= 0.6 is 0 Å². The summed E-state index contributed by atoms with van der Waals surface area (Å²) in [6.07, 6.45) is 2.50. The Bertz CT molecular complexity index is 1130. The Labute approximate surface area is 180 Å². The molecule has 160 valence electrons. The van der Waals surface area contributed by atoms with E-state index in [1.165, 1.54) is 23.8 Å². The molecule has 0 saturated carbocycles. The Morgan fingerprint density at radius 2 is 1.90 bits per heavy atom. The first kappa shape index (κ1) is 21.8. The van der Waals surface area contributed by atoms with E-state index in [0.29, 0.717) is 0 Å². The average Bonchev–Trinajstić information content (AvgIpc) is 3.05. The second-order valence-corrected chi connectivity index (χ2v) is 6.95. The molecule has 0 aliphatic carbocycles. The van der Waals surface area contributed by atoms with Crippen LogP contribution in [0.1, 0.15) is 29.4 Å². The molecule has 8 heteroatoms. The highest BCUT2D eigenvalue weighted by atomic mass is 16.6. The molecule has 0 radical (unpaired) electrons. The molecule has 8 nitrogen and oxygen atoms in total. The number of nitro groups is 1. The molecule has 0 spiro atoms. The van der Waals surface area contributed by atoms with Gasteiger partial charge in [-0.3, -0.25) is 14.9 Å². The van der Waals surface area contributed by atoms with Crippen molar-refractivity contribution in [2.45, 2.75) is 27.2 Å². The first-order valence-corrected chi connectivity index (χ1v) is 9.87. The smallest absolute Gasteiger partial charge is 0.310 e. The van der Waals surface area contributed by atoms with E-state index in [9.17, 15) is 14.9 Å². The van der Waals surface area contributed by atoms with Crippen molar-refractivity contribution in [2.75, 3.05) is 6.61 Å². The summed E-state index contributed by atoms with van der Waals surface area (Å²) in [6, 6.07) is 16.1. The second-order valence-electron chi connectivity index (χ2n) is 6.95. The van der Waals surface area contributed by atoms with Gasteiger partial charge in [0.2, 0.25) is 0 Å². The van der Waals surface area contributed by atoms with Gasteiger partial charge < -0.3 is 9.30 Å². The van der Waals surface area contributed by atoms with Crippen molar-refractivity contribution in [3.8, 4) is 11.4 Å². The van der Waals surface area contributed by atoms with Crippen molar-refractivity contribution in [3.63, 3.8) is 0 Å². The highest BCUT2D eigenvalue weighted by Crippen LogP contribution is 2.25. The van der Waals surface area contributed by atoms with Crippen molar-refractivity contribution in [1.82, 2.24) is 9.99 Å². The Hall–Kier alpha value is -3.94. The van der Waals surface area contributed by atoms with Gasteiger partial charge in [0.15, 0.2) is 12.4 Å². The van der Waals surface area contributed by atoms with Crippen molar-refractivity contribution in [3.05, 3.63) is 87.2 Å². The van der Waals surface area contributed by atoms with Crippen LogP contribution in [0.5, 0.6) is 5.75 Å². The molecule has 0 aliphatic rings. The predicted molar refractivity (Wildman–Crippen MR) is 119 cm³/mol. The van der Waals surface area contributed by atoms with Crippen molar-refractivity contribution >= 4 is 17.8 Å². The normalized spacial score (nSPS) is 10.9. The number of aromatic nitrogens is 1. The number of para-hydroxylation sites is 3. The lowest BCUT2D eigenvalue weighted by atomic mass is 10.1. The van der Waals surface area contributed by atoms with Gasteiger partial charge in [-0.2, -0.15) is 5.10 Å². The minimum atomic E-state index is -0.558. The Balaban J connectivity index is 1.67. The molecule has 1 N–H and O–H groups in total. The van der Waals surface area contributed by atoms with Crippen LogP contribution in [-0.2, 0) is 11.2 Å². The molecule has 0 fully saturated rings. The summed E-state index contributed by atoms with van der Waals surface area (Å²) >= 11 is 0. The second kappa shape index (κ2) is 9.71. The predicted octanol–water partition coefficient (Wildman–Crippen LogP) is 4.09. The summed E-state index contributed by atoms with van der Waals surface area (Å²) in [4.78, 5) is 22.5. The summed E-state index contributed by atoms with van der Waals surface area (Å²) in [6.45, 7) is 5.76. The number of amides is 1. The van der Waals surface area contributed by atoms with Gasteiger partial charge in [-0.1, -0.05) is 37.3 Å². The SMILES string of the molecule is CCc1ccccc1-n1c(C)cc(/C=N/NC(=O)COc2ccccc2[N+](=O)[O-])c1C. The summed E-state index contributed by atoms with van der Waals surface area (Å²) in [5.74, 6) is -0.482. The molecule has 2 aromatic carbocycles. The summed E-state index contributed by atoms with van der Waals surface area (Å²) in [5.41, 5.74) is 7.52. The van der Waals surface area contributed by atoms with E-state index in [1.54, 1.807) is 12.3 Å². The zero-order valence-corrected chi connectivity index (χ0v) is 17.7. The fourth-order valence-corrected chi connectivity index (χ4v) is 3.40. The minimum Gasteiger partial charge on any atom is -0.477 e. The first-order chi connectivity index (χ1) is 14.9. The lowest BCUT2D eigenvalue weighted by molar-refractivity contribution is -0.385. The average molecular weight is 420 g/mol. The molecule has 1 aromatic heterocycles. The molecule has 1 heterocycles. The first-order valence-electron chi connectivity index (χ1n) is 9.87. The van der Waals surface area contributed by atoms with Crippen LogP contribution < -0.4 is 10.2 Å². The lowest BCUT2D eigenvalue weighted by Crippen LogP contribution is -2.24. The molecular weight excluding hydrogens is 396 g/mol. The van der Waals surface area contributed by atoms with Crippen molar-refractivity contribution in [1.29, 1.82) is 0 Å². The molecule has 0 aliphatic heterocycles. The molecule has 0 saturated heterocycles. The van der Waals surface area contributed by atoms with Gasteiger partial charge in [0.05, 0.1) is 11.1 Å². The van der Waals surface area contributed by atoms with Gasteiger partial charge in [-0.05, 0) is 44.0 Å². The van der Waals surface area contributed by atoms with Gasteiger partial charge in [-0.15, -0.1) is 0 Å². The number of benzene rings is 2. The van der Waals surface area contributed by atoms with Gasteiger partial charge >= 0.3 is 5.69 Å². The number of aryl methyl sites for hydroxylation is 2. The zero-order chi connectivity index (χ0) is 22.4. The Kier molecular flexibility index (Phi) is 6.81. The third-order valence-corrected chi connectivity index (χ3v) is 4.90. The third kappa shape index (κ3) is 4.98. The van der Waals surface area contributed by atoms with E-state index in [-0.39, 0.29) is 18.0 Å². The van der Waals surface area contributed by atoms with Crippen LogP contribution in [0.4, 0.5) is 5.69 Å². The largest absolute Gasteiger partial charge is 0.477 e. The molecule has 1 amide bonds. The molecular formula is C23H24N4O4. The van der Waals surface area contributed by atoms with Crippen LogP contribution in [0.2, 0.25) is 0 Å². The molecule has 0 atom stereocenters. The highest BCUT2D eigenvalue weighted by molar-refractivity contribution is 5.84. The van der Waals surface area contributed by atoms with E-state index in [1.807, 2.05) is 32.0 Å². The van der Waals surface area contributed by atoms with Gasteiger partial charge in [0.1, 0.15) is 0 Å². The number of hydrogen-bond donors (Lipinski definition) is 1. The monoisotopic (exact) mass is 420 g/mol. The maximum Gasteiger partial charge on any atom is 0.310 e. The van der Waals surface area contributed by atoms with Crippen LogP contribution in [0.3, 0.4) is 0 Å². The maximum absolute atomic E-state index is 12.0. The third-order valence-electron chi connectivity index (χ3n) is 4.90. The summed E-state index contributed by atoms with van der Waals surface area (Å²) in [5, 5.41) is 15.0. The fraction of sp³-hybridized carbons (Fsp3) is 0.217. The number of hydrazone groups is 1. The van der Waals surface area contributed by atoms with Gasteiger partial charge in [0.25, 0.3) is 5.91 Å². The number of nitrogens with zero attached hydrogens (tertiary/aromatic N) is 3. The van der Waals surface area contributed by atoms with Crippen LogP contribution in [0.15, 0.2) is 59.7 Å². The number of hydrogen-bond acceptors (Lipinski definition) is 5. The van der Waals surface area contributed by atoms with Crippen molar-refractivity contribution in [2.24, 2.45) is 5.10 Å². The molecule has 3 aromatic rings. The van der Waals surface area contributed by atoms with Crippen LogP contribution in [-0.4, -0.2) is 28.2 Å². The van der Waals surface area contributed by atoms with Gasteiger partial charge in [-0.25, -0.2) is 5.43 Å². The fourth-order valence-electron chi connectivity index (χ4n) is 3.40. The lowest BCUT2D eigenvalue weighted by Gasteiger charge is -2.13. The van der Waals surface area contributed by atoms with Crippen LogP contribution in [0.25, 0.3) is 5.69 Å². The topological polar surface area (TPSA) is 98.8 Å². The quantitative estimate of drug-likeness (QED) is 0.337. The number of nitro benzene ring substituents is 1. The molecule has 3 rings (SSSR count). The maximum atomic E-state index is 12.0. The number of carbonyl (C=O) groups excluding carboxylic acids is 1. The zero-order valence-electron chi connectivity index (χ0n) is 17.7. The van der Waals surface area contributed by atoms with E-state index in [4.69, 9.17) is 4.74 Å². The van der Waals surface area contributed by atoms with E-state index in [2.05, 4.69) is 34.2 Å². The van der Waals surface area contributed by atoms with E-state index in [0.717, 1.165) is 29.1 Å². The number of nitrogens with one attached hydrogen (secondary N) is 1. The summed E-state index contributed by atoms with van der Waals surface area (Å²) in [7, 11) is 0. The van der Waals surface area contributed by atoms with Crippen molar-refractivity contribution < 1.29 is 14.5 Å². The Morgan fingerprint density at radius 1 is 1.19 bits per heavy atom. The van der Waals surface area contributed by atoms with E-state index < -0.39 is 10.8 Å². The number of rotatable bonds is 8. The minimum absolute atomic E-state index is 0.0322. The molecule has 0 unspecified atom stereocenters. The summed E-state index contributed by atoms with van der Waals surface area (Å²) < 4.78 is 7.43. The Morgan fingerprint density at radius 3 is 2.65 bits per heavy atom. The van der Waals surface area contributed by atoms with Crippen LogP contribution in [0, 0.1) is 24.0 Å². The van der Waals surface area contributed by atoms with E-state index >= 15 is 0 Å². The van der Waals surface area contributed by atoms with Gasteiger partial charge in [0, 0.05) is 28.7 Å². The standard InChI is InChI=1S/C23H24N4O4/c1-4-18-9-5-6-10-20(18)26-16(2)13-19(17(26)3)14-24-25-23(28)15-31-22-12-8-7-11-21(22)27(29)30/h5-14H,4,15H2,1-3H3,(H,25,28)/b24-14+. The molecule has 31 heavy (non-hydrogen) atoms.